The third-order valence-corrected chi connectivity index (χ3v) is 1.52. The number of carbonyl (C=O) groups is 2. The van der Waals surface area contributed by atoms with Crippen molar-refractivity contribution in [1.29, 1.82) is 0 Å². The van der Waals surface area contributed by atoms with Gasteiger partial charge in [0.25, 0.3) is 0 Å². The van der Waals surface area contributed by atoms with Gasteiger partial charge in [0, 0.05) is 14.0 Å². The van der Waals surface area contributed by atoms with Crippen LogP contribution in [0.15, 0.2) is 12.3 Å². The fourth-order valence-corrected chi connectivity index (χ4v) is 1.01. The molecule has 0 atom stereocenters. The monoisotopic (exact) mass is 209 g/mol. The Morgan fingerprint density at radius 2 is 2.33 bits per heavy atom. The van der Waals surface area contributed by atoms with Crippen molar-refractivity contribution in [1.82, 2.24) is 10.5 Å². The zero-order chi connectivity index (χ0) is 11.3. The van der Waals surface area contributed by atoms with Gasteiger partial charge < -0.3 is 10.2 Å². The second kappa shape index (κ2) is 5.06. The normalized spacial score (nSPS) is 9.47. The van der Waals surface area contributed by atoms with Crippen LogP contribution in [0.4, 0.5) is 5.69 Å². The minimum Gasteiger partial charge on any atom is -0.388 e. The lowest BCUT2D eigenvalue weighted by Gasteiger charge is -2.06. The van der Waals surface area contributed by atoms with Gasteiger partial charge in [-0.1, -0.05) is 0 Å². The third-order valence-electron chi connectivity index (χ3n) is 1.52. The van der Waals surface area contributed by atoms with Crippen molar-refractivity contribution in [2.45, 2.75) is 6.92 Å². The molecule has 1 aromatic rings. The van der Waals surface area contributed by atoms with E-state index in [0.29, 0.717) is 12.0 Å². The average Bonchev–Trinajstić information content (AvgIpc) is 2.20. The van der Waals surface area contributed by atoms with E-state index < -0.39 is 0 Å². The van der Waals surface area contributed by atoms with Gasteiger partial charge in [0.2, 0.25) is 11.8 Å². The highest BCUT2D eigenvalue weighted by Gasteiger charge is 2.06. The maximum absolute atomic E-state index is 10.8. The van der Waals surface area contributed by atoms with E-state index >= 15 is 0 Å². The molecule has 0 fully saturated rings. The number of anilines is 1. The summed E-state index contributed by atoms with van der Waals surface area (Å²) in [6.07, 6.45) is 2.01. The molecule has 6 heteroatoms. The SMILES string of the molecule is CNOc1ncc(NC(C)=O)cc1C=O. The van der Waals surface area contributed by atoms with E-state index in [4.69, 9.17) is 4.84 Å². The van der Waals surface area contributed by atoms with Crippen molar-refractivity contribution in [2.75, 3.05) is 12.4 Å². The maximum Gasteiger partial charge on any atom is 0.248 e. The van der Waals surface area contributed by atoms with Gasteiger partial charge in [0.05, 0.1) is 17.4 Å². The van der Waals surface area contributed by atoms with Crippen LogP contribution in [0, 0.1) is 0 Å². The fraction of sp³-hybridized carbons (Fsp3) is 0.222. The van der Waals surface area contributed by atoms with E-state index in [1.54, 1.807) is 7.05 Å². The number of hydrogen-bond acceptors (Lipinski definition) is 5. The summed E-state index contributed by atoms with van der Waals surface area (Å²) in [6.45, 7) is 1.37. The van der Waals surface area contributed by atoms with E-state index in [1.807, 2.05) is 0 Å². The predicted molar refractivity (Wildman–Crippen MR) is 53.6 cm³/mol. The van der Waals surface area contributed by atoms with Gasteiger partial charge in [-0.15, -0.1) is 0 Å². The summed E-state index contributed by atoms with van der Waals surface area (Å²) in [5.41, 5.74) is 3.12. The third kappa shape index (κ3) is 3.03. The number of nitrogens with zero attached hydrogens (tertiary/aromatic N) is 1. The van der Waals surface area contributed by atoms with Crippen molar-refractivity contribution < 1.29 is 14.4 Å². The second-order valence-corrected chi connectivity index (χ2v) is 2.72. The summed E-state index contributed by atoms with van der Waals surface area (Å²) < 4.78 is 0. The van der Waals surface area contributed by atoms with Gasteiger partial charge >= 0.3 is 0 Å². The Hall–Kier alpha value is -1.95. The summed E-state index contributed by atoms with van der Waals surface area (Å²) in [4.78, 5) is 30.2. The molecule has 0 aromatic carbocycles. The molecule has 15 heavy (non-hydrogen) atoms. The van der Waals surface area contributed by atoms with Gasteiger partial charge in [-0.2, -0.15) is 5.48 Å². The van der Waals surface area contributed by atoms with Gasteiger partial charge in [-0.25, -0.2) is 4.98 Å². The highest BCUT2D eigenvalue weighted by Crippen LogP contribution is 2.16. The minimum atomic E-state index is -0.226. The van der Waals surface area contributed by atoms with Crippen LogP contribution in [0.1, 0.15) is 17.3 Å². The van der Waals surface area contributed by atoms with Crippen LogP contribution in [0.3, 0.4) is 0 Å². The molecule has 0 aliphatic carbocycles. The Balaban J connectivity index is 2.96. The Bertz CT molecular complexity index is 379. The molecule has 80 valence electrons. The lowest BCUT2D eigenvalue weighted by Crippen LogP contribution is -2.14. The van der Waals surface area contributed by atoms with Gasteiger partial charge in [-0.3, -0.25) is 9.59 Å². The summed E-state index contributed by atoms with van der Waals surface area (Å²) in [7, 11) is 1.55. The minimum absolute atomic E-state index is 0.168. The van der Waals surface area contributed by atoms with Crippen LogP contribution >= 0.6 is 0 Å². The second-order valence-electron chi connectivity index (χ2n) is 2.72. The molecule has 6 nitrogen and oxygen atoms in total. The molecule has 0 spiro atoms. The first kappa shape index (κ1) is 11.1. The molecule has 0 aliphatic heterocycles. The number of hydrogen-bond donors (Lipinski definition) is 2. The van der Waals surface area contributed by atoms with Crippen LogP contribution < -0.4 is 15.6 Å². The average molecular weight is 209 g/mol. The molecular formula is C9H11N3O3. The summed E-state index contributed by atoms with van der Waals surface area (Å²) in [5, 5.41) is 2.51. The summed E-state index contributed by atoms with van der Waals surface area (Å²) >= 11 is 0. The van der Waals surface area contributed by atoms with E-state index in [9.17, 15) is 9.59 Å². The largest absolute Gasteiger partial charge is 0.388 e. The topological polar surface area (TPSA) is 80.3 Å². The molecule has 0 bridgehead atoms. The van der Waals surface area contributed by atoms with Crippen LogP contribution in [0.25, 0.3) is 0 Å². The highest BCUT2D eigenvalue weighted by atomic mass is 16.6. The zero-order valence-corrected chi connectivity index (χ0v) is 8.40. The molecule has 1 aromatic heterocycles. The summed E-state index contributed by atoms with van der Waals surface area (Å²) in [5.74, 6) is -0.0578. The number of aromatic nitrogens is 1. The molecule has 1 heterocycles. The van der Waals surface area contributed by atoms with E-state index in [0.717, 1.165) is 0 Å². The zero-order valence-electron chi connectivity index (χ0n) is 8.40. The van der Waals surface area contributed by atoms with Crippen LogP contribution in [-0.4, -0.2) is 24.2 Å². The smallest absolute Gasteiger partial charge is 0.248 e. The highest BCUT2D eigenvalue weighted by molar-refractivity contribution is 5.90. The van der Waals surface area contributed by atoms with Gasteiger partial charge in [-0.05, 0) is 6.07 Å². The van der Waals surface area contributed by atoms with Crippen LogP contribution in [-0.2, 0) is 4.79 Å². The van der Waals surface area contributed by atoms with Crippen LogP contribution in [0.5, 0.6) is 5.88 Å². The Kier molecular flexibility index (Phi) is 3.75. The van der Waals surface area contributed by atoms with Gasteiger partial charge in [0.1, 0.15) is 0 Å². The van der Waals surface area contributed by atoms with E-state index in [-0.39, 0.29) is 17.4 Å². The number of rotatable bonds is 4. The number of hydroxylamine groups is 1. The molecule has 0 saturated heterocycles. The molecule has 1 rings (SSSR count). The quantitative estimate of drug-likeness (QED) is 0.553. The standard InChI is InChI=1S/C9H11N3O3/c1-6(14)12-8-3-7(5-13)9(11-4-8)15-10-2/h3-5,10H,1-2H3,(H,12,14). The molecule has 1 amide bonds. The number of pyridine rings is 1. The number of amides is 1. The van der Waals surface area contributed by atoms with Crippen molar-refractivity contribution in [3.8, 4) is 5.88 Å². The molecule has 0 saturated carbocycles. The first-order chi connectivity index (χ1) is 7.17. The fourth-order valence-electron chi connectivity index (χ4n) is 1.01. The van der Waals surface area contributed by atoms with Gasteiger partial charge in [0.15, 0.2) is 6.29 Å². The molecular weight excluding hydrogens is 198 g/mol. The number of nitrogens with one attached hydrogen (secondary N) is 2. The molecule has 0 radical (unpaired) electrons. The lowest BCUT2D eigenvalue weighted by atomic mass is 10.2. The number of carbonyl (C=O) groups excluding carboxylic acids is 2. The van der Waals surface area contributed by atoms with Crippen molar-refractivity contribution in [3.05, 3.63) is 17.8 Å². The number of aldehydes is 1. The van der Waals surface area contributed by atoms with E-state index in [2.05, 4.69) is 15.8 Å². The first-order valence-corrected chi connectivity index (χ1v) is 4.23. The Morgan fingerprint density at radius 1 is 1.60 bits per heavy atom. The predicted octanol–water partition coefficient (Wildman–Crippen LogP) is 0.366. The lowest BCUT2D eigenvalue weighted by molar-refractivity contribution is -0.114. The van der Waals surface area contributed by atoms with Crippen molar-refractivity contribution in [2.24, 2.45) is 0 Å². The Morgan fingerprint density at radius 3 is 2.87 bits per heavy atom. The maximum atomic E-state index is 10.8. The summed E-state index contributed by atoms with van der Waals surface area (Å²) in [6, 6.07) is 1.48. The molecule has 0 unspecified atom stereocenters. The molecule has 0 aliphatic rings. The van der Waals surface area contributed by atoms with Crippen molar-refractivity contribution in [3.63, 3.8) is 0 Å². The van der Waals surface area contributed by atoms with Crippen LogP contribution in [0.2, 0.25) is 0 Å². The van der Waals surface area contributed by atoms with E-state index in [1.165, 1.54) is 19.2 Å². The first-order valence-electron chi connectivity index (χ1n) is 4.23. The Labute approximate surface area is 86.6 Å². The molecule has 2 N–H and O–H groups in total. The van der Waals surface area contributed by atoms with Crippen molar-refractivity contribution >= 4 is 17.9 Å².